The Kier molecular flexibility index (Phi) is 5.02. The van der Waals surface area contributed by atoms with Crippen LogP contribution in [0.2, 0.25) is 0 Å². The van der Waals surface area contributed by atoms with Crippen LogP contribution in [-0.4, -0.2) is 26.6 Å². The van der Waals surface area contributed by atoms with Crippen LogP contribution in [0.15, 0.2) is 18.2 Å². The van der Waals surface area contributed by atoms with Crippen LogP contribution < -0.4 is 5.30 Å². The molecule has 6 nitrogen and oxygen atoms in total. The summed E-state index contributed by atoms with van der Waals surface area (Å²) in [4.78, 5) is 8.56. The number of aromatic hydroxyl groups is 2. The van der Waals surface area contributed by atoms with E-state index in [4.69, 9.17) is 25.2 Å². The minimum atomic E-state index is -1.83. The SMILES string of the molecule is O=C(O)O.O=Pc1c(O)cccc1O. The second kappa shape index (κ2) is 5.77. The van der Waals surface area contributed by atoms with Crippen molar-refractivity contribution in [3.63, 3.8) is 0 Å². The maximum absolute atomic E-state index is 10.2. The van der Waals surface area contributed by atoms with Gasteiger partial charge in [-0.1, -0.05) is 6.07 Å². The Morgan fingerprint density at radius 1 is 1.14 bits per heavy atom. The lowest BCUT2D eigenvalue weighted by atomic mass is 10.3. The summed E-state index contributed by atoms with van der Waals surface area (Å²) >= 11 is 0. The fraction of sp³-hybridized carbons (Fsp3) is 0. The second-order valence-electron chi connectivity index (χ2n) is 2.02. The van der Waals surface area contributed by atoms with E-state index in [1.165, 1.54) is 18.2 Å². The Morgan fingerprint density at radius 2 is 1.50 bits per heavy atom. The van der Waals surface area contributed by atoms with Gasteiger partial charge in [0.2, 0.25) is 0 Å². The Morgan fingerprint density at radius 3 is 1.71 bits per heavy atom. The summed E-state index contributed by atoms with van der Waals surface area (Å²) in [6.07, 6.45) is -1.83. The highest BCUT2D eigenvalue weighted by Gasteiger charge is 2.04. The minimum Gasteiger partial charge on any atom is -0.507 e. The Bertz CT molecular complexity index is 313. The third-order valence-electron chi connectivity index (χ3n) is 1.08. The molecule has 0 saturated carbocycles. The van der Waals surface area contributed by atoms with Gasteiger partial charge < -0.3 is 20.4 Å². The first-order chi connectivity index (χ1) is 6.49. The molecule has 1 rings (SSSR count). The van der Waals surface area contributed by atoms with Gasteiger partial charge >= 0.3 is 6.16 Å². The molecule has 0 fully saturated rings. The Balaban J connectivity index is 0.000000364. The number of hydrogen-bond acceptors (Lipinski definition) is 4. The third-order valence-corrected chi connectivity index (χ3v) is 1.73. The largest absolute Gasteiger partial charge is 0.507 e. The highest BCUT2D eigenvalue weighted by Crippen LogP contribution is 2.18. The molecule has 0 unspecified atom stereocenters. The predicted octanol–water partition coefficient (Wildman–Crippen LogP) is 1.24. The third kappa shape index (κ3) is 4.27. The number of phenols is 2. The molecule has 4 N–H and O–H groups in total. The summed E-state index contributed by atoms with van der Waals surface area (Å²) in [6, 6.07) is 4.19. The number of rotatable bonds is 1. The average Bonchev–Trinajstić information content (AvgIpc) is 2.03. The first-order valence-corrected chi connectivity index (χ1v) is 4.06. The molecule has 0 atom stereocenters. The average molecular weight is 218 g/mol. The molecule has 14 heavy (non-hydrogen) atoms. The van der Waals surface area contributed by atoms with Crippen molar-refractivity contribution in [2.45, 2.75) is 0 Å². The molecule has 0 spiro atoms. The van der Waals surface area contributed by atoms with Crippen LogP contribution in [0.4, 0.5) is 4.79 Å². The van der Waals surface area contributed by atoms with Gasteiger partial charge in [0.15, 0.2) is 8.46 Å². The van der Waals surface area contributed by atoms with Gasteiger partial charge in [-0.3, -0.25) is 4.57 Å². The van der Waals surface area contributed by atoms with E-state index in [0.29, 0.717) is 0 Å². The quantitative estimate of drug-likeness (QED) is 0.527. The zero-order valence-corrected chi connectivity index (χ0v) is 7.68. The van der Waals surface area contributed by atoms with Crippen LogP contribution in [0.25, 0.3) is 0 Å². The number of hydrogen-bond donors (Lipinski definition) is 4. The van der Waals surface area contributed by atoms with Crippen molar-refractivity contribution in [3.8, 4) is 11.5 Å². The highest BCUT2D eigenvalue weighted by atomic mass is 31.1. The molecule has 0 aliphatic carbocycles. The summed E-state index contributed by atoms with van der Waals surface area (Å²) in [5, 5.41) is 31.8. The lowest BCUT2D eigenvalue weighted by Gasteiger charge is -1.96. The number of carboxylic acid groups (broad SMARTS) is 2. The van der Waals surface area contributed by atoms with Crippen LogP contribution >= 0.6 is 8.46 Å². The molecular weight excluding hydrogens is 211 g/mol. The van der Waals surface area contributed by atoms with Crippen LogP contribution in [0, 0.1) is 0 Å². The normalized spacial score (nSPS) is 8.86. The van der Waals surface area contributed by atoms with E-state index in [1.54, 1.807) is 0 Å². The molecule has 0 amide bonds. The Labute approximate surface area is 80.3 Å². The number of carbonyl (C=O) groups is 1. The zero-order valence-electron chi connectivity index (χ0n) is 6.78. The maximum Gasteiger partial charge on any atom is 0.503 e. The summed E-state index contributed by atoms with van der Waals surface area (Å²) < 4.78 is 10.2. The molecule has 1 aromatic rings. The fourth-order valence-corrected chi connectivity index (χ4v) is 0.949. The van der Waals surface area contributed by atoms with E-state index in [-0.39, 0.29) is 25.3 Å². The van der Waals surface area contributed by atoms with Crippen molar-refractivity contribution in [2.75, 3.05) is 0 Å². The Hall–Kier alpha value is -1.81. The molecule has 76 valence electrons. The van der Waals surface area contributed by atoms with E-state index < -0.39 is 6.16 Å². The molecule has 0 radical (unpaired) electrons. The van der Waals surface area contributed by atoms with Crippen LogP contribution in [-0.2, 0) is 4.57 Å². The predicted molar refractivity (Wildman–Crippen MR) is 47.7 cm³/mol. The fourth-order valence-electron chi connectivity index (χ4n) is 0.613. The molecule has 0 aromatic heterocycles. The molecule has 1 aromatic carbocycles. The van der Waals surface area contributed by atoms with Gasteiger partial charge in [-0.2, -0.15) is 0 Å². The minimum absolute atomic E-state index is 0.0301. The van der Waals surface area contributed by atoms with E-state index in [2.05, 4.69) is 0 Å². The molecule has 0 aliphatic rings. The highest BCUT2D eigenvalue weighted by molar-refractivity contribution is 7.34. The lowest BCUT2D eigenvalue weighted by molar-refractivity contribution is 0.137. The molecule has 0 saturated heterocycles. The zero-order chi connectivity index (χ0) is 11.1. The lowest BCUT2D eigenvalue weighted by Crippen LogP contribution is -1.91. The molecule has 7 heteroatoms. The van der Waals surface area contributed by atoms with Gasteiger partial charge in [0.05, 0.1) is 0 Å². The number of benzene rings is 1. The smallest absolute Gasteiger partial charge is 0.503 e. The van der Waals surface area contributed by atoms with Gasteiger partial charge in [-0.15, -0.1) is 0 Å². The van der Waals surface area contributed by atoms with Crippen LogP contribution in [0.5, 0.6) is 11.5 Å². The van der Waals surface area contributed by atoms with E-state index in [0.717, 1.165) is 0 Å². The standard InChI is InChI=1S/C6H5O3P.CH2O3/c7-4-2-1-3-5(8)6(4)10-9;2-1(3)4/h1-3,7-8H;(H2,2,3,4). The summed E-state index contributed by atoms with van der Waals surface area (Å²) in [6.45, 7) is 0. The van der Waals surface area contributed by atoms with Crippen molar-refractivity contribution >= 4 is 19.9 Å². The topological polar surface area (TPSA) is 115 Å². The van der Waals surface area contributed by atoms with Gasteiger partial charge in [-0.05, 0) is 12.1 Å². The van der Waals surface area contributed by atoms with Crippen molar-refractivity contribution < 1.29 is 29.8 Å². The van der Waals surface area contributed by atoms with Gasteiger partial charge in [0.1, 0.15) is 16.8 Å². The molecule has 0 heterocycles. The van der Waals surface area contributed by atoms with Crippen molar-refractivity contribution in [1.82, 2.24) is 0 Å². The van der Waals surface area contributed by atoms with Crippen molar-refractivity contribution in [2.24, 2.45) is 0 Å². The van der Waals surface area contributed by atoms with Gasteiger partial charge in [0.25, 0.3) is 0 Å². The van der Waals surface area contributed by atoms with Crippen LogP contribution in [0.3, 0.4) is 0 Å². The summed E-state index contributed by atoms with van der Waals surface area (Å²) in [5.41, 5.74) is 0. The summed E-state index contributed by atoms with van der Waals surface area (Å²) in [7, 11) is -0.375. The molecule has 0 aliphatic heterocycles. The van der Waals surface area contributed by atoms with Crippen molar-refractivity contribution in [1.29, 1.82) is 0 Å². The van der Waals surface area contributed by atoms with Gasteiger partial charge in [-0.25, -0.2) is 4.79 Å². The van der Waals surface area contributed by atoms with Crippen molar-refractivity contribution in [3.05, 3.63) is 18.2 Å². The van der Waals surface area contributed by atoms with E-state index in [9.17, 15) is 4.57 Å². The van der Waals surface area contributed by atoms with E-state index >= 15 is 0 Å². The number of phenolic OH excluding ortho intramolecular Hbond substituents is 2. The molecular formula is C7H7O6P. The first kappa shape index (κ1) is 12.2. The summed E-state index contributed by atoms with van der Waals surface area (Å²) in [5.74, 6) is -0.312. The van der Waals surface area contributed by atoms with E-state index in [1.807, 2.05) is 0 Å². The maximum atomic E-state index is 10.2. The molecule has 0 bridgehead atoms. The first-order valence-electron chi connectivity index (χ1n) is 3.25. The van der Waals surface area contributed by atoms with Crippen LogP contribution in [0.1, 0.15) is 0 Å². The monoisotopic (exact) mass is 218 g/mol. The van der Waals surface area contributed by atoms with Gasteiger partial charge in [0, 0.05) is 0 Å². The second-order valence-corrected chi connectivity index (χ2v) is 2.65.